The van der Waals surface area contributed by atoms with Crippen molar-refractivity contribution >= 4 is 0 Å². The SMILES string of the molecule is C=CCCC(O)C1=CCCC(C)(CC)C1. The van der Waals surface area contributed by atoms with Crippen LogP contribution in [-0.2, 0) is 0 Å². The number of hydrogen-bond acceptors (Lipinski definition) is 1. The van der Waals surface area contributed by atoms with Crippen LogP contribution >= 0.6 is 0 Å². The molecule has 0 spiro atoms. The first-order valence-corrected chi connectivity index (χ1v) is 6.09. The monoisotopic (exact) mass is 208 g/mol. The molecule has 2 atom stereocenters. The van der Waals surface area contributed by atoms with Gasteiger partial charge in [0, 0.05) is 0 Å². The van der Waals surface area contributed by atoms with Gasteiger partial charge in [-0.15, -0.1) is 6.58 Å². The summed E-state index contributed by atoms with van der Waals surface area (Å²) in [6.07, 6.45) is 10.3. The zero-order valence-corrected chi connectivity index (χ0v) is 10.1. The van der Waals surface area contributed by atoms with E-state index >= 15 is 0 Å². The minimum absolute atomic E-state index is 0.242. The second-order valence-electron chi connectivity index (χ2n) is 5.04. The van der Waals surface area contributed by atoms with E-state index in [1.807, 2.05) is 6.08 Å². The van der Waals surface area contributed by atoms with E-state index in [0.29, 0.717) is 5.41 Å². The summed E-state index contributed by atoms with van der Waals surface area (Å²) in [4.78, 5) is 0. The highest BCUT2D eigenvalue weighted by Crippen LogP contribution is 2.40. The second kappa shape index (κ2) is 5.50. The molecule has 0 aromatic carbocycles. The van der Waals surface area contributed by atoms with Gasteiger partial charge in [-0.05, 0) is 43.1 Å². The smallest absolute Gasteiger partial charge is 0.0753 e. The molecule has 0 aromatic heterocycles. The summed E-state index contributed by atoms with van der Waals surface area (Å²) in [5.74, 6) is 0. The van der Waals surface area contributed by atoms with E-state index in [9.17, 15) is 5.11 Å². The highest BCUT2D eigenvalue weighted by Gasteiger charge is 2.28. The summed E-state index contributed by atoms with van der Waals surface area (Å²) in [6.45, 7) is 8.27. The van der Waals surface area contributed by atoms with Crippen LogP contribution in [-0.4, -0.2) is 11.2 Å². The molecule has 1 rings (SSSR count). The number of hydrogen-bond donors (Lipinski definition) is 1. The van der Waals surface area contributed by atoms with Crippen molar-refractivity contribution in [2.75, 3.05) is 0 Å². The van der Waals surface area contributed by atoms with Gasteiger partial charge in [-0.2, -0.15) is 0 Å². The summed E-state index contributed by atoms with van der Waals surface area (Å²) in [7, 11) is 0. The van der Waals surface area contributed by atoms with E-state index in [2.05, 4.69) is 26.5 Å². The lowest BCUT2D eigenvalue weighted by Gasteiger charge is -2.34. The van der Waals surface area contributed by atoms with E-state index < -0.39 is 0 Å². The second-order valence-corrected chi connectivity index (χ2v) is 5.04. The zero-order chi connectivity index (χ0) is 11.3. The summed E-state index contributed by atoms with van der Waals surface area (Å²) >= 11 is 0. The number of aliphatic hydroxyl groups is 1. The lowest BCUT2D eigenvalue weighted by atomic mass is 9.72. The van der Waals surface area contributed by atoms with Crippen molar-refractivity contribution in [3.8, 4) is 0 Å². The molecule has 0 fully saturated rings. The zero-order valence-electron chi connectivity index (χ0n) is 10.1. The molecule has 1 heteroatoms. The van der Waals surface area contributed by atoms with Crippen LogP contribution in [0.4, 0.5) is 0 Å². The Morgan fingerprint density at radius 3 is 3.00 bits per heavy atom. The van der Waals surface area contributed by atoms with Crippen molar-refractivity contribution < 1.29 is 5.11 Å². The third kappa shape index (κ3) is 3.49. The standard InChI is InChI=1S/C14H24O/c1-4-6-9-13(15)12-8-7-10-14(3,5-2)11-12/h4,8,13,15H,1,5-7,9-11H2,2-3H3. The van der Waals surface area contributed by atoms with Gasteiger partial charge in [0.15, 0.2) is 0 Å². The Balaban J connectivity index is 2.55. The predicted molar refractivity (Wildman–Crippen MR) is 65.8 cm³/mol. The van der Waals surface area contributed by atoms with Gasteiger partial charge >= 0.3 is 0 Å². The average Bonchev–Trinajstić information content (AvgIpc) is 2.26. The molecule has 0 saturated heterocycles. The first kappa shape index (κ1) is 12.5. The Hall–Kier alpha value is -0.560. The van der Waals surface area contributed by atoms with Crippen LogP contribution in [0.1, 0.15) is 52.4 Å². The molecule has 0 aliphatic heterocycles. The van der Waals surface area contributed by atoms with Gasteiger partial charge in [0.1, 0.15) is 0 Å². The largest absolute Gasteiger partial charge is 0.389 e. The third-order valence-corrected chi connectivity index (χ3v) is 3.71. The highest BCUT2D eigenvalue weighted by molar-refractivity contribution is 5.14. The minimum atomic E-state index is -0.242. The molecule has 1 N–H and O–H groups in total. The van der Waals surface area contributed by atoms with Crippen molar-refractivity contribution in [1.29, 1.82) is 0 Å². The summed E-state index contributed by atoms with van der Waals surface area (Å²) in [5.41, 5.74) is 1.67. The van der Waals surface area contributed by atoms with Crippen molar-refractivity contribution in [2.24, 2.45) is 5.41 Å². The fourth-order valence-corrected chi connectivity index (χ4v) is 2.28. The van der Waals surface area contributed by atoms with E-state index in [1.54, 1.807) is 0 Å². The Bertz CT molecular complexity index is 242. The maximum absolute atomic E-state index is 10.0. The van der Waals surface area contributed by atoms with Gasteiger partial charge < -0.3 is 5.11 Å². The lowest BCUT2D eigenvalue weighted by Crippen LogP contribution is -2.24. The van der Waals surface area contributed by atoms with E-state index in [0.717, 1.165) is 25.7 Å². The topological polar surface area (TPSA) is 20.2 Å². The van der Waals surface area contributed by atoms with Crippen molar-refractivity contribution in [3.63, 3.8) is 0 Å². The highest BCUT2D eigenvalue weighted by atomic mass is 16.3. The molecule has 0 heterocycles. The lowest BCUT2D eigenvalue weighted by molar-refractivity contribution is 0.170. The van der Waals surface area contributed by atoms with Gasteiger partial charge in [0.25, 0.3) is 0 Å². The van der Waals surface area contributed by atoms with Crippen LogP contribution in [0.3, 0.4) is 0 Å². The maximum atomic E-state index is 10.0. The molecule has 1 aliphatic carbocycles. The molecular formula is C14H24O. The maximum Gasteiger partial charge on any atom is 0.0753 e. The quantitative estimate of drug-likeness (QED) is 0.681. The Kier molecular flexibility index (Phi) is 4.59. The molecule has 0 saturated carbocycles. The Morgan fingerprint density at radius 1 is 1.67 bits per heavy atom. The fraction of sp³-hybridized carbons (Fsp3) is 0.714. The van der Waals surface area contributed by atoms with Gasteiger partial charge in [0.05, 0.1) is 6.10 Å². The van der Waals surface area contributed by atoms with Gasteiger partial charge in [-0.3, -0.25) is 0 Å². The Labute approximate surface area is 93.9 Å². The van der Waals surface area contributed by atoms with Gasteiger partial charge in [0.2, 0.25) is 0 Å². The molecule has 1 nitrogen and oxygen atoms in total. The van der Waals surface area contributed by atoms with E-state index in [-0.39, 0.29) is 6.10 Å². The number of allylic oxidation sites excluding steroid dienone is 2. The molecular weight excluding hydrogens is 184 g/mol. The minimum Gasteiger partial charge on any atom is -0.389 e. The van der Waals surface area contributed by atoms with E-state index in [1.165, 1.54) is 18.4 Å². The molecule has 15 heavy (non-hydrogen) atoms. The molecule has 1 aliphatic rings. The fourth-order valence-electron chi connectivity index (χ4n) is 2.28. The number of aliphatic hydroxyl groups excluding tert-OH is 1. The third-order valence-electron chi connectivity index (χ3n) is 3.71. The van der Waals surface area contributed by atoms with Crippen LogP contribution in [0, 0.1) is 5.41 Å². The first-order valence-electron chi connectivity index (χ1n) is 6.09. The van der Waals surface area contributed by atoms with Crippen LogP contribution in [0.15, 0.2) is 24.3 Å². The first-order chi connectivity index (χ1) is 7.11. The van der Waals surface area contributed by atoms with Gasteiger partial charge in [-0.25, -0.2) is 0 Å². The van der Waals surface area contributed by atoms with Crippen LogP contribution in [0.5, 0.6) is 0 Å². The summed E-state index contributed by atoms with van der Waals surface area (Å²) in [5, 5.41) is 10.0. The van der Waals surface area contributed by atoms with Crippen LogP contribution in [0.2, 0.25) is 0 Å². The predicted octanol–water partition coefficient (Wildman–Crippen LogP) is 3.84. The molecule has 2 unspecified atom stereocenters. The summed E-state index contributed by atoms with van der Waals surface area (Å²) in [6, 6.07) is 0. The van der Waals surface area contributed by atoms with Gasteiger partial charge in [-0.1, -0.05) is 32.4 Å². The average molecular weight is 208 g/mol. The molecule has 0 amide bonds. The van der Waals surface area contributed by atoms with Crippen molar-refractivity contribution in [2.45, 2.75) is 58.5 Å². The normalized spacial score (nSPS) is 28.3. The molecule has 86 valence electrons. The van der Waals surface area contributed by atoms with Crippen molar-refractivity contribution in [1.82, 2.24) is 0 Å². The molecule has 0 radical (unpaired) electrons. The Morgan fingerprint density at radius 2 is 2.40 bits per heavy atom. The van der Waals surface area contributed by atoms with Crippen LogP contribution < -0.4 is 0 Å². The number of rotatable bonds is 5. The van der Waals surface area contributed by atoms with Crippen LogP contribution in [0.25, 0.3) is 0 Å². The molecule has 0 bridgehead atoms. The summed E-state index contributed by atoms with van der Waals surface area (Å²) < 4.78 is 0. The van der Waals surface area contributed by atoms with E-state index in [4.69, 9.17) is 0 Å². The van der Waals surface area contributed by atoms with Crippen molar-refractivity contribution in [3.05, 3.63) is 24.3 Å². The molecule has 0 aromatic rings.